The van der Waals surface area contributed by atoms with Crippen LogP contribution in [0.5, 0.6) is 0 Å². The van der Waals surface area contributed by atoms with Crippen LogP contribution < -0.4 is 10.6 Å². The van der Waals surface area contributed by atoms with Crippen LogP contribution in [0.25, 0.3) is 0 Å². The van der Waals surface area contributed by atoms with E-state index in [0.29, 0.717) is 12.0 Å². The molecule has 0 bridgehead atoms. The van der Waals surface area contributed by atoms with Crippen LogP contribution in [-0.4, -0.2) is 36.1 Å². The lowest BCUT2D eigenvalue weighted by Crippen LogP contribution is -2.30. The number of rotatable bonds is 4. The Balaban J connectivity index is 0.00000182. The van der Waals surface area contributed by atoms with Crippen molar-refractivity contribution in [3.8, 4) is 0 Å². The van der Waals surface area contributed by atoms with E-state index in [4.69, 9.17) is 5.73 Å². The van der Waals surface area contributed by atoms with Crippen LogP contribution in [0.15, 0.2) is 48.7 Å². The van der Waals surface area contributed by atoms with Gasteiger partial charge in [0.25, 0.3) is 0 Å². The predicted octanol–water partition coefficient (Wildman–Crippen LogP) is 3.44. The first-order valence-corrected chi connectivity index (χ1v) is 8.92. The van der Waals surface area contributed by atoms with Crippen molar-refractivity contribution >= 4 is 23.9 Å². The second kappa shape index (κ2) is 7.73. The molecule has 1 aliphatic heterocycles. The average molecular weight is 359 g/mol. The number of aromatic nitrogens is 1. The predicted molar refractivity (Wildman–Crippen MR) is 105 cm³/mol. The summed E-state index contributed by atoms with van der Waals surface area (Å²) in [6.45, 7) is 3.34. The third kappa shape index (κ3) is 3.81. The van der Waals surface area contributed by atoms with E-state index in [1.807, 2.05) is 12.3 Å². The van der Waals surface area contributed by atoms with Crippen LogP contribution in [0.2, 0.25) is 0 Å². The Morgan fingerprint density at radius 1 is 1.12 bits per heavy atom. The van der Waals surface area contributed by atoms with Crippen LogP contribution in [0, 0.1) is 11.8 Å². The molecule has 3 atom stereocenters. The minimum atomic E-state index is 0. The largest absolute Gasteiger partial charge is 0.329 e. The molecule has 2 fully saturated rings. The second-order valence-electron chi connectivity index (χ2n) is 7.28. The van der Waals surface area contributed by atoms with Crippen molar-refractivity contribution in [3.63, 3.8) is 0 Å². The summed E-state index contributed by atoms with van der Waals surface area (Å²) in [5, 5.41) is 0. The normalized spacial score (nSPS) is 25.4. The fourth-order valence-corrected chi connectivity index (χ4v) is 4.28. The molecular weight excluding hydrogens is 332 g/mol. The molecule has 2 N–H and O–H groups in total. The van der Waals surface area contributed by atoms with Gasteiger partial charge in [-0.05, 0) is 48.4 Å². The molecule has 5 heteroatoms. The third-order valence-electron chi connectivity index (χ3n) is 5.69. The quantitative estimate of drug-likeness (QED) is 0.909. The molecule has 0 spiro atoms. The number of benzene rings is 1. The number of fused-ring (bicyclic) bond motifs is 1. The highest BCUT2D eigenvalue weighted by molar-refractivity contribution is 5.85. The fraction of sp³-hybridized carbons (Fsp3) is 0.450. The summed E-state index contributed by atoms with van der Waals surface area (Å²) in [6, 6.07) is 15.1. The van der Waals surface area contributed by atoms with E-state index in [1.54, 1.807) is 0 Å². The van der Waals surface area contributed by atoms with Gasteiger partial charge in [0.15, 0.2) is 0 Å². The SMILES string of the molecule is CN(c1ccccc1)c1ccc(CN2CC3CCC(N)C3C2)cn1.Cl. The summed E-state index contributed by atoms with van der Waals surface area (Å²) in [5.74, 6) is 2.50. The highest BCUT2D eigenvalue weighted by Crippen LogP contribution is 2.37. The van der Waals surface area contributed by atoms with Gasteiger partial charge in [-0.25, -0.2) is 4.98 Å². The van der Waals surface area contributed by atoms with Crippen molar-refractivity contribution in [2.24, 2.45) is 17.6 Å². The van der Waals surface area contributed by atoms with Gasteiger partial charge in [-0.15, -0.1) is 12.4 Å². The van der Waals surface area contributed by atoms with Gasteiger partial charge in [0.05, 0.1) is 0 Å². The number of hydrogen-bond acceptors (Lipinski definition) is 4. The molecule has 25 heavy (non-hydrogen) atoms. The van der Waals surface area contributed by atoms with Gasteiger partial charge in [-0.2, -0.15) is 0 Å². The topological polar surface area (TPSA) is 45.4 Å². The molecule has 134 valence electrons. The number of hydrogen-bond donors (Lipinski definition) is 1. The van der Waals surface area contributed by atoms with Gasteiger partial charge in [0, 0.05) is 44.6 Å². The maximum Gasteiger partial charge on any atom is 0.132 e. The molecule has 4 nitrogen and oxygen atoms in total. The van der Waals surface area contributed by atoms with Crippen LogP contribution in [0.3, 0.4) is 0 Å². The van der Waals surface area contributed by atoms with E-state index < -0.39 is 0 Å². The van der Waals surface area contributed by atoms with Gasteiger partial charge in [0.2, 0.25) is 0 Å². The zero-order chi connectivity index (χ0) is 16.5. The lowest BCUT2D eigenvalue weighted by atomic mass is 9.98. The number of anilines is 2. The standard InChI is InChI=1S/C20H26N4.ClH/c1-23(17-5-3-2-4-6-17)20-10-7-15(11-22-20)12-24-13-16-8-9-19(21)18(16)14-24;/h2-7,10-11,16,18-19H,8-9,12-14,21H2,1H3;1H. The van der Waals surface area contributed by atoms with Crippen LogP contribution in [0.1, 0.15) is 18.4 Å². The van der Waals surface area contributed by atoms with E-state index in [9.17, 15) is 0 Å². The molecule has 1 aromatic heterocycles. The summed E-state index contributed by atoms with van der Waals surface area (Å²) < 4.78 is 0. The number of likely N-dealkylation sites (tertiary alicyclic amines) is 1. The Hall–Kier alpha value is -1.62. The molecule has 1 saturated carbocycles. The van der Waals surface area contributed by atoms with Gasteiger partial charge < -0.3 is 10.6 Å². The summed E-state index contributed by atoms with van der Waals surface area (Å²) in [5.41, 5.74) is 8.68. The van der Waals surface area contributed by atoms with Gasteiger partial charge >= 0.3 is 0 Å². The lowest BCUT2D eigenvalue weighted by Gasteiger charge is -2.20. The molecular formula is C20H27ClN4. The summed E-state index contributed by atoms with van der Waals surface area (Å²) in [7, 11) is 2.06. The summed E-state index contributed by atoms with van der Waals surface area (Å²) in [6.07, 6.45) is 4.54. The van der Waals surface area contributed by atoms with E-state index in [-0.39, 0.29) is 12.4 Å². The first kappa shape index (κ1) is 18.2. The van der Waals surface area contributed by atoms with Crippen molar-refractivity contribution in [1.82, 2.24) is 9.88 Å². The molecule has 3 unspecified atom stereocenters. The zero-order valence-electron chi connectivity index (χ0n) is 14.7. The highest BCUT2D eigenvalue weighted by atomic mass is 35.5. The van der Waals surface area contributed by atoms with Crippen LogP contribution >= 0.6 is 12.4 Å². The number of pyridine rings is 1. The van der Waals surface area contributed by atoms with E-state index in [2.05, 4.69) is 58.2 Å². The molecule has 1 aliphatic carbocycles. The fourth-order valence-electron chi connectivity index (χ4n) is 4.28. The minimum absolute atomic E-state index is 0. The minimum Gasteiger partial charge on any atom is -0.329 e. The van der Waals surface area contributed by atoms with E-state index in [1.165, 1.54) is 24.9 Å². The second-order valence-corrected chi connectivity index (χ2v) is 7.28. The Morgan fingerprint density at radius 3 is 2.60 bits per heavy atom. The summed E-state index contributed by atoms with van der Waals surface area (Å²) >= 11 is 0. The maximum absolute atomic E-state index is 6.24. The molecule has 1 aromatic carbocycles. The Morgan fingerprint density at radius 2 is 1.92 bits per heavy atom. The van der Waals surface area contributed by atoms with Gasteiger partial charge in [0.1, 0.15) is 5.82 Å². The lowest BCUT2D eigenvalue weighted by molar-refractivity contribution is 0.298. The average Bonchev–Trinajstić information content (AvgIpc) is 3.17. The van der Waals surface area contributed by atoms with Crippen molar-refractivity contribution in [1.29, 1.82) is 0 Å². The van der Waals surface area contributed by atoms with Gasteiger partial charge in [-0.3, -0.25) is 4.90 Å². The number of para-hydroxylation sites is 1. The Labute approximate surface area is 156 Å². The molecule has 2 aliphatic rings. The van der Waals surface area contributed by atoms with Crippen molar-refractivity contribution in [2.45, 2.75) is 25.4 Å². The van der Waals surface area contributed by atoms with Crippen molar-refractivity contribution in [3.05, 3.63) is 54.2 Å². The molecule has 1 saturated heterocycles. The summed E-state index contributed by atoms with van der Waals surface area (Å²) in [4.78, 5) is 9.32. The van der Waals surface area contributed by atoms with E-state index >= 15 is 0 Å². The third-order valence-corrected chi connectivity index (χ3v) is 5.69. The van der Waals surface area contributed by atoms with E-state index in [0.717, 1.165) is 30.5 Å². The zero-order valence-corrected chi connectivity index (χ0v) is 15.5. The molecule has 0 amide bonds. The molecule has 4 rings (SSSR count). The number of halogens is 1. The monoisotopic (exact) mass is 358 g/mol. The smallest absolute Gasteiger partial charge is 0.132 e. The van der Waals surface area contributed by atoms with Crippen LogP contribution in [0.4, 0.5) is 11.5 Å². The van der Waals surface area contributed by atoms with Gasteiger partial charge in [-0.1, -0.05) is 24.3 Å². The number of nitrogens with zero attached hydrogens (tertiary/aromatic N) is 3. The number of nitrogens with two attached hydrogens (primary N) is 1. The molecule has 2 heterocycles. The van der Waals surface area contributed by atoms with Crippen molar-refractivity contribution in [2.75, 3.05) is 25.0 Å². The molecule has 2 aromatic rings. The van der Waals surface area contributed by atoms with Crippen molar-refractivity contribution < 1.29 is 0 Å². The Bertz CT molecular complexity index is 676. The van der Waals surface area contributed by atoms with Crippen LogP contribution in [-0.2, 0) is 6.54 Å². The first-order valence-electron chi connectivity index (χ1n) is 8.92. The highest BCUT2D eigenvalue weighted by Gasteiger charge is 2.40. The maximum atomic E-state index is 6.24. The first-order chi connectivity index (χ1) is 11.7. The Kier molecular flexibility index (Phi) is 5.62. The molecule has 0 radical (unpaired) electrons.